The number of allylic oxidation sites excluding steroid dienone is 3. The number of rotatable bonds is 10. The van der Waals surface area contributed by atoms with Crippen molar-refractivity contribution in [3.8, 4) is 0 Å². The van der Waals surface area contributed by atoms with E-state index in [2.05, 4.69) is 33.8 Å². The zero-order valence-electron chi connectivity index (χ0n) is 15.6. The van der Waals surface area contributed by atoms with Crippen molar-refractivity contribution in [2.24, 2.45) is 5.92 Å². The lowest BCUT2D eigenvalue weighted by molar-refractivity contribution is -0.137. The first-order valence-corrected chi connectivity index (χ1v) is 9.13. The lowest BCUT2D eigenvalue weighted by Gasteiger charge is -2.29. The number of hydrogen-bond donors (Lipinski definition) is 0. The standard InChI is InChI=1S/C20H34O3/c1-6-20(5,23-8-3)12-11-16(4)13-17-9-10-18(14-17)15-19(21)22-7-2/h14-16H,6-13H2,1-5H3. The minimum Gasteiger partial charge on any atom is -0.463 e. The third-order valence-corrected chi connectivity index (χ3v) is 4.73. The molecule has 0 fully saturated rings. The van der Waals surface area contributed by atoms with Crippen molar-refractivity contribution >= 4 is 5.97 Å². The molecule has 0 N–H and O–H groups in total. The van der Waals surface area contributed by atoms with Crippen LogP contribution in [0.25, 0.3) is 0 Å². The van der Waals surface area contributed by atoms with Crippen LogP contribution >= 0.6 is 0 Å². The maximum Gasteiger partial charge on any atom is 0.331 e. The van der Waals surface area contributed by atoms with E-state index < -0.39 is 0 Å². The molecule has 3 nitrogen and oxygen atoms in total. The summed E-state index contributed by atoms with van der Waals surface area (Å²) in [5, 5.41) is 0. The van der Waals surface area contributed by atoms with Crippen LogP contribution < -0.4 is 0 Å². The molecule has 3 heteroatoms. The summed E-state index contributed by atoms with van der Waals surface area (Å²) >= 11 is 0. The summed E-state index contributed by atoms with van der Waals surface area (Å²) in [6.45, 7) is 11.9. The monoisotopic (exact) mass is 322 g/mol. The van der Waals surface area contributed by atoms with Crippen molar-refractivity contribution in [2.45, 2.75) is 78.7 Å². The highest BCUT2D eigenvalue weighted by atomic mass is 16.5. The molecular weight excluding hydrogens is 288 g/mol. The third-order valence-electron chi connectivity index (χ3n) is 4.73. The van der Waals surface area contributed by atoms with Crippen LogP contribution in [0.15, 0.2) is 23.3 Å². The molecule has 0 aliphatic heterocycles. The molecule has 23 heavy (non-hydrogen) atoms. The lowest BCUT2D eigenvalue weighted by atomic mass is 9.89. The predicted molar refractivity (Wildman–Crippen MR) is 95.4 cm³/mol. The lowest BCUT2D eigenvalue weighted by Crippen LogP contribution is -2.28. The Hall–Kier alpha value is -1.09. The van der Waals surface area contributed by atoms with Crippen LogP contribution in [0.5, 0.6) is 0 Å². The molecule has 0 saturated carbocycles. The van der Waals surface area contributed by atoms with E-state index in [-0.39, 0.29) is 11.6 Å². The van der Waals surface area contributed by atoms with Crippen molar-refractivity contribution < 1.29 is 14.3 Å². The third kappa shape index (κ3) is 7.34. The second-order valence-electron chi connectivity index (χ2n) is 6.86. The van der Waals surface area contributed by atoms with Gasteiger partial charge >= 0.3 is 5.97 Å². The Morgan fingerprint density at radius 3 is 2.65 bits per heavy atom. The molecule has 0 aromatic rings. The Labute approximate surface area is 142 Å². The van der Waals surface area contributed by atoms with Gasteiger partial charge in [-0.1, -0.05) is 25.5 Å². The van der Waals surface area contributed by atoms with Crippen molar-refractivity contribution in [3.63, 3.8) is 0 Å². The number of carbonyl (C=O) groups excluding carboxylic acids is 1. The molecule has 0 saturated heterocycles. The molecular formula is C20H34O3. The van der Waals surface area contributed by atoms with Crippen molar-refractivity contribution in [1.29, 1.82) is 0 Å². The Bertz CT molecular complexity index is 436. The second-order valence-corrected chi connectivity index (χ2v) is 6.86. The van der Waals surface area contributed by atoms with Crippen LogP contribution in [0, 0.1) is 5.92 Å². The summed E-state index contributed by atoms with van der Waals surface area (Å²) < 4.78 is 10.9. The molecule has 2 unspecified atom stereocenters. The average Bonchev–Trinajstić information content (AvgIpc) is 2.92. The molecule has 0 bridgehead atoms. The van der Waals surface area contributed by atoms with Crippen LogP contribution in [0.2, 0.25) is 0 Å². The van der Waals surface area contributed by atoms with E-state index in [0.29, 0.717) is 12.5 Å². The zero-order chi connectivity index (χ0) is 17.3. The Kier molecular flexibility index (Phi) is 8.60. The summed E-state index contributed by atoms with van der Waals surface area (Å²) in [5.74, 6) is 0.429. The highest BCUT2D eigenvalue weighted by molar-refractivity contribution is 5.83. The summed E-state index contributed by atoms with van der Waals surface area (Å²) in [7, 11) is 0. The maximum atomic E-state index is 11.5. The quantitative estimate of drug-likeness (QED) is 0.409. The molecule has 1 rings (SSSR count). The topological polar surface area (TPSA) is 35.5 Å². The van der Waals surface area contributed by atoms with Crippen molar-refractivity contribution in [2.75, 3.05) is 13.2 Å². The van der Waals surface area contributed by atoms with Crippen molar-refractivity contribution in [1.82, 2.24) is 0 Å². The van der Waals surface area contributed by atoms with E-state index in [1.807, 2.05) is 6.92 Å². The highest BCUT2D eigenvalue weighted by Crippen LogP contribution is 2.31. The van der Waals surface area contributed by atoms with E-state index in [1.54, 1.807) is 6.08 Å². The molecule has 0 amide bonds. The smallest absolute Gasteiger partial charge is 0.331 e. The molecule has 2 atom stereocenters. The number of esters is 1. The second kappa shape index (κ2) is 9.92. The number of ether oxygens (including phenoxy) is 2. The molecule has 0 radical (unpaired) electrons. The fourth-order valence-electron chi connectivity index (χ4n) is 3.12. The summed E-state index contributed by atoms with van der Waals surface area (Å²) in [6.07, 6.45) is 10.3. The summed E-state index contributed by atoms with van der Waals surface area (Å²) in [5.41, 5.74) is 2.59. The maximum absolute atomic E-state index is 11.5. The SMILES string of the molecule is CCOC(=O)C=C1C=C(CC(C)CCC(C)(CC)OCC)CC1. The van der Waals surface area contributed by atoms with Gasteiger partial charge in [-0.15, -0.1) is 0 Å². The van der Waals surface area contributed by atoms with Gasteiger partial charge in [0.2, 0.25) is 0 Å². The van der Waals surface area contributed by atoms with E-state index in [4.69, 9.17) is 9.47 Å². The van der Waals surface area contributed by atoms with Crippen LogP contribution in [0.3, 0.4) is 0 Å². The van der Waals surface area contributed by atoms with Gasteiger partial charge < -0.3 is 9.47 Å². The Morgan fingerprint density at radius 2 is 2.04 bits per heavy atom. The highest BCUT2D eigenvalue weighted by Gasteiger charge is 2.23. The molecule has 1 aliphatic carbocycles. The minimum atomic E-state index is -0.219. The largest absolute Gasteiger partial charge is 0.463 e. The van der Waals surface area contributed by atoms with Gasteiger partial charge in [0.1, 0.15) is 0 Å². The van der Waals surface area contributed by atoms with Gasteiger partial charge in [0.25, 0.3) is 0 Å². The molecule has 0 spiro atoms. The van der Waals surface area contributed by atoms with Gasteiger partial charge in [0, 0.05) is 12.7 Å². The predicted octanol–water partition coefficient (Wildman–Crippen LogP) is 5.21. The van der Waals surface area contributed by atoms with Gasteiger partial charge in [0.05, 0.1) is 12.2 Å². The van der Waals surface area contributed by atoms with Crippen LogP contribution in [-0.2, 0) is 14.3 Å². The van der Waals surface area contributed by atoms with E-state index in [0.717, 1.165) is 44.3 Å². The summed E-state index contributed by atoms with van der Waals surface area (Å²) in [4.78, 5) is 11.5. The molecule has 132 valence electrons. The molecule has 1 aliphatic rings. The normalized spacial score (nSPS) is 20.2. The zero-order valence-corrected chi connectivity index (χ0v) is 15.6. The van der Waals surface area contributed by atoms with E-state index >= 15 is 0 Å². The van der Waals surface area contributed by atoms with E-state index in [1.165, 1.54) is 12.0 Å². The first-order valence-electron chi connectivity index (χ1n) is 9.13. The Morgan fingerprint density at radius 1 is 1.30 bits per heavy atom. The Balaban J connectivity index is 2.46. The van der Waals surface area contributed by atoms with E-state index in [9.17, 15) is 4.79 Å². The number of hydrogen-bond acceptors (Lipinski definition) is 3. The van der Waals surface area contributed by atoms with Gasteiger partial charge in [-0.2, -0.15) is 0 Å². The first-order chi connectivity index (χ1) is 10.9. The van der Waals surface area contributed by atoms with Gasteiger partial charge in [-0.3, -0.25) is 0 Å². The van der Waals surface area contributed by atoms with Crippen LogP contribution in [0.1, 0.15) is 73.1 Å². The average molecular weight is 322 g/mol. The fourth-order valence-corrected chi connectivity index (χ4v) is 3.12. The first kappa shape index (κ1) is 20.0. The molecule has 0 aromatic carbocycles. The summed E-state index contributed by atoms with van der Waals surface area (Å²) in [6, 6.07) is 0. The van der Waals surface area contributed by atoms with Crippen LogP contribution in [-0.4, -0.2) is 24.8 Å². The van der Waals surface area contributed by atoms with Gasteiger partial charge in [-0.25, -0.2) is 4.79 Å². The molecule has 0 aromatic heterocycles. The van der Waals surface area contributed by atoms with Crippen LogP contribution in [0.4, 0.5) is 0 Å². The minimum absolute atomic E-state index is 0.0159. The molecule has 0 heterocycles. The fraction of sp³-hybridized carbons (Fsp3) is 0.750. The number of carbonyl (C=O) groups is 1. The van der Waals surface area contributed by atoms with Crippen molar-refractivity contribution in [3.05, 3.63) is 23.3 Å². The van der Waals surface area contributed by atoms with Gasteiger partial charge in [0.15, 0.2) is 0 Å². The van der Waals surface area contributed by atoms with Gasteiger partial charge in [-0.05, 0) is 70.8 Å².